The summed E-state index contributed by atoms with van der Waals surface area (Å²) in [5, 5.41) is 0. The van der Waals surface area contributed by atoms with Gasteiger partial charge in [0.05, 0.1) is 11.1 Å². The Morgan fingerprint density at radius 3 is 2.43 bits per heavy atom. The molecule has 0 aliphatic carbocycles. The second-order valence-electron chi connectivity index (χ2n) is 5.39. The smallest absolute Gasteiger partial charge is 0.326 e. The van der Waals surface area contributed by atoms with Gasteiger partial charge in [-0.15, -0.1) is 0 Å². The number of aryl methyl sites for hydroxylation is 1. The maximum atomic E-state index is 12.3. The van der Waals surface area contributed by atoms with E-state index in [0.29, 0.717) is 11.1 Å². The number of fused-ring (bicyclic) bond motifs is 1. The summed E-state index contributed by atoms with van der Waals surface area (Å²) in [6, 6.07) is 14.2. The highest BCUT2D eigenvalue weighted by molar-refractivity contribution is 6.22. The summed E-state index contributed by atoms with van der Waals surface area (Å²) in [5.74, 6) is -1.52. The molecule has 1 aliphatic heterocycles. The first-order valence-electron chi connectivity index (χ1n) is 7.22. The lowest BCUT2D eigenvalue weighted by Gasteiger charge is -2.13. The SMILES string of the molecule is Cc1ccc2c(c1)C(=O)N(CC(=O)OCc1ccccc1)C2=O. The molecular formula is C18H15NO4. The van der Waals surface area contributed by atoms with Crippen molar-refractivity contribution >= 4 is 17.8 Å². The highest BCUT2D eigenvalue weighted by Crippen LogP contribution is 2.23. The number of rotatable bonds is 4. The summed E-state index contributed by atoms with van der Waals surface area (Å²) < 4.78 is 5.12. The molecule has 0 fully saturated rings. The molecule has 0 atom stereocenters. The molecule has 1 heterocycles. The standard InChI is InChI=1S/C18H15NO4/c1-12-7-8-14-15(9-12)18(22)19(17(14)21)10-16(20)23-11-13-5-3-2-4-6-13/h2-9H,10-11H2,1H3. The average Bonchev–Trinajstić information content (AvgIpc) is 2.78. The first-order valence-corrected chi connectivity index (χ1v) is 7.22. The summed E-state index contributed by atoms with van der Waals surface area (Å²) in [7, 11) is 0. The molecule has 2 amide bonds. The number of carbonyl (C=O) groups is 3. The third-order valence-corrected chi connectivity index (χ3v) is 3.66. The van der Waals surface area contributed by atoms with Gasteiger partial charge in [0.2, 0.25) is 0 Å². The van der Waals surface area contributed by atoms with Crippen LogP contribution in [0, 0.1) is 6.92 Å². The number of esters is 1. The number of benzene rings is 2. The van der Waals surface area contributed by atoms with E-state index in [9.17, 15) is 14.4 Å². The van der Waals surface area contributed by atoms with Gasteiger partial charge in [-0.1, -0.05) is 42.0 Å². The van der Waals surface area contributed by atoms with Crippen LogP contribution in [0.15, 0.2) is 48.5 Å². The Morgan fingerprint density at radius 1 is 1.00 bits per heavy atom. The highest BCUT2D eigenvalue weighted by atomic mass is 16.5. The fourth-order valence-corrected chi connectivity index (χ4v) is 2.46. The van der Waals surface area contributed by atoms with Crippen LogP contribution >= 0.6 is 0 Å². The Balaban J connectivity index is 1.66. The predicted molar refractivity (Wildman–Crippen MR) is 82.8 cm³/mol. The average molecular weight is 309 g/mol. The molecule has 0 spiro atoms. The third kappa shape index (κ3) is 2.99. The minimum Gasteiger partial charge on any atom is -0.459 e. The molecule has 0 bridgehead atoms. The molecule has 1 aliphatic rings. The minimum atomic E-state index is -0.611. The molecule has 116 valence electrons. The lowest BCUT2D eigenvalue weighted by Crippen LogP contribution is -2.35. The van der Waals surface area contributed by atoms with E-state index < -0.39 is 17.8 Å². The Labute approximate surface area is 133 Å². The summed E-state index contributed by atoms with van der Waals surface area (Å²) >= 11 is 0. The molecule has 5 nitrogen and oxygen atoms in total. The van der Waals surface area contributed by atoms with Gasteiger partial charge in [0.15, 0.2) is 0 Å². The van der Waals surface area contributed by atoms with Gasteiger partial charge in [-0.25, -0.2) is 0 Å². The zero-order valence-electron chi connectivity index (χ0n) is 12.6. The first kappa shape index (κ1) is 15.0. The van der Waals surface area contributed by atoms with E-state index in [0.717, 1.165) is 16.0 Å². The first-order chi connectivity index (χ1) is 11.1. The molecule has 0 aromatic heterocycles. The van der Waals surface area contributed by atoms with Crippen molar-refractivity contribution in [2.45, 2.75) is 13.5 Å². The van der Waals surface area contributed by atoms with Gasteiger partial charge < -0.3 is 4.74 Å². The second kappa shape index (κ2) is 6.04. The van der Waals surface area contributed by atoms with E-state index in [-0.39, 0.29) is 13.2 Å². The van der Waals surface area contributed by atoms with Crippen molar-refractivity contribution in [2.24, 2.45) is 0 Å². The molecule has 2 aromatic rings. The van der Waals surface area contributed by atoms with Gasteiger partial charge in [0, 0.05) is 0 Å². The Bertz CT molecular complexity index is 783. The molecule has 2 aromatic carbocycles. The van der Waals surface area contributed by atoms with Crippen molar-refractivity contribution in [3.8, 4) is 0 Å². The number of hydrogen-bond acceptors (Lipinski definition) is 4. The molecule has 0 unspecified atom stereocenters. The molecule has 0 saturated heterocycles. The van der Waals surface area contributed by atoms with Crippen LogP contribution in [0.2, 0.25) is 0 Å². The Hall–Kier alpha value is -2.95. The Kier molecular flexibility index (Phi) is 3.93. The zero-order valence-corrected chi connectivity index (χ0v) is 12.6. The van der Waals surface area contributed by atoms with E-state index in [4.69, 9.17) is 4.74 Å². The third-order valence-electron chi connectivity index (χ3n) is 3.66. The van der Waals surface area contributed by atoms with Gasteiger partial charge in [-0.2, -0.15) is 0 Å². The topological polar surface area (TPSA) is 63.7 Å². The van der Waals surface area contributed by atoms with Crippen LogP contribution in [0.4, 0.5) is 0 Å². The fourth-order valence-electron chi connectivity index (χ4n) is 2.46. The zero-order chi connectivity index (χ0) is 16.4. The summed E-state index contributed by atoms with van der Waals surface area (Å²) in [6.07, 6.45) is 0. The van der Waals surface area contributed by atoms with Crippen LogP contribution in [0.25, 0.3) is 0 Å². The summed E-state index contributed by atoms with van der Waals surface area (Å²) in [4.78, 5) is 37.3. The van der Waals surface area contributed by atoms with Crippen LogP contribution in [0.3, 0.4) is 0 Å². The number of nitrogens with zero attached hydrogens (tertiary/aromatic N) is 1. The monoisotopic (exact) mass is 309 g/mol. The van der Waals surface area contributed by atoms with Crippen molar-refractivity contribution in [2.75, 3.05) is 6.54 Å². The lowest BCUT2D eigenvalue weighted by molar-refractivity contribution is -0.145. The van der Waals surface area contributed by atoms with Gasteiger partial charge in [-0.3, -0.25) is 19.3 Å². The van der Waals surface area contributed by atoms with Crippen molar-refractivity contribution in [3.63, 3.8) is 0 Å². The molecule has 0 N–H and O–H groups in total. The van der Waals surface area contributed by atoms with Gasteiger partial charge in [0.1, 0.15) is 13.2 Å². The summed E-state index contributed by atoms with van der Waals surface area (Å²) in [6.45, 7) is 1.58. The minimum absolute atomic E-state index is 0.113. The number of carbonyl (C=O) groups excluding carboxylic acids is 3. The van der Waals surface area contributed by atoms with Crippen LogP contribution < -0.4 is 0 Å². The summed E-state index contributed by atoms with van der Waals surface area (Å²) in [5.41, 5.74) is 2.40. The van der Waals surface area contributed by atoms with E-state index in [2.05, 4.69) is 0 Å². The molecule has 0 saturated carbocycles. The molecule has 0 radical (unpaired) electrons. The maximum Gasteiger partial charge on any atom is 0.326 e. The number of hydrogen-bond donors (Lipinski definition) is 0. The second-order valence-corrected chi connectivity index (χ2v) is 5.39. The molecule has 23 heavy (non-hydrogen) atoms. The number of ether oxygens (including phenoxy) is 1. The highest BCUT2D eigenvalue weighted by Gasteiger charge is 2.36. The van der Waals surface area contributed by atoms with Crippen molar-refractivity contribution in [1.82, 2.24) is 4.90 Å². The van der Waals surface area contributed by atoms with Crippen molar-refractivity contribution in [3.05, 3.63) is 70.8 Å². The van der Waals surface area contributed by atoms with E-state index >= 15 is 0 Å². The van der Waals surface area contributed by atoms with Crippen molar-refractivity contribution < 1.29 is 19.1 Å². The fraction of sp³-hybridized carbons (Fsp3) is 0.167. The van der Waals surface area contributed by atoms with Gasteiger partial charge in [-0.05, 0) is 24.6 Å². The van der Waals surface area contributed by atoms with Gasteiger partial charge in [0.25, 0.3) is 11.8 Å². The van der Waals surface area contributed by atoms with Crippen LogP contribution in [-0.2, 0) is 16.1 Å². The van der Waals surface area contributed by atoms with Crippen LogP contribution in [0.5, 0.6) is 0 Å². The number of imide groups is 1. The predicted octanol–water partition coefficient (Wildman–Crippen LogP) is 2.33. The largest absolute Gasteiger partial charge is 0.459 e. The molecule has 3 rings (SSSR count). The normalized spacial score (nSPS) is 13.2. The van der Waals surface area contributed by atoms with Gasteiger partial charge >= 0.3 is 5.97 Å². The Morgan fingerprint density at radius 2 is 1.70 bits per heavy atom. The number of amides is 2. The van der Waals surface area contributed by atoms with Crippen LogP contribution in [0.1, 0.15) is 31.8 Å². The van der Waals surface area contributed by atoms with Crippen LogP contribution in [-0.4, -0.2) is 29.2 Å². The van der Waals surface area contributed by atoms with E-state index in [1.54, 1.807) is 18.2 Å². The lowest BCUT2D eigenvalue weighted by atomic mass is 10.1. The quantitative estimate of drug-likeness (QED) is 0.642. The van der Waals surface area contributed by atoms with E-state index in [1.165, 1.54) is 0 Å². The van der Waals surface area contributed by atoms with Crippen molar-refractivity contribution in [1.29, 1.82) is 0 Å². The van der Waals surface area contributed by atoms with E-state index in [1.807, 2.05) is 37.3 Å². The maximum absolute atomic E-state index is 12.3. The molecular weight excluding hydrogens is 294 g/mol. The molecule has 5 heteroatoms.